The number of hydrogen-bond acceptors (Lipinski definition) is 5. The molecule has 0 aromatic heterocycles. The van der Waals surface area contributed by atoms with E-state index in [2.05, 4.69) is 5.32 Å². The molecule has 0 fully saturated rings. The summed E-state index contributed by atoms with van der Waals surface area (Å²) in [6.07, 6.45) is 0. The zero-order valence-corrected chi connectivity index (χ0v) is 13.9. The van der Waals surface area contributed by atoms with Crippen LogP contribution < -0.4 is 14.8 Å². The van der Waals surface area contributed by atoms with Crippen LogP contribution in [0.2, 0.25) is 0 Å². The number of rotatable bonds is 5. The molecule has 1 N–H and O–H groups in total. The summed E-state index contributed by atoms with van der Waals surface area (Å²) in [6.45, 7) is 3.80. The summed E-state index contributed by atoms with van der Waals surface area (Å²) in [5, 5.41) is 14.0. The van der Waals surface area contributed by atoms with E-state index >= 15 is 0 Å². The molecule has 1 amide bonds. The Morgan fingerprint density at radius 3 is 2.25 bits per heavy atom. The Kier molecular flexibility index (Phi) is 5.03. The van der Waals surface area contributed by atoms with Gasteiger partial charge in [0.15, 0.2) is 11.5 Å². The Labute approximate surface area is 139 Å². The number of benzene rings is 2. The number of carbonyl (C=O) groups excluding carboxylic acids is 1. The smallest absolute Gasteiger partial charge is 0.286 e. The number of nitrogens with one attached hydrogen (secondary N) is 1. The molecule has 0 unspecified atom stereocenters. The molecule has 0 bridgehead atoms. The van der Waals surface area contributed by atoms with Crippen molar-refractivity contribution in [1.29, 1.82) is 0 Å². The van der Waals surface area contributed by atoms with Crippen LogP contribution in [0.15, 0.2) is 30.3 Å². The van der Waals surface area contributed by atoms with Gasteiger partial charge < -0.3 is 14.8 Å². The number of carbonyl (C=O) groups is 1. The SMILES string of the molecule is COc1cc(C(=O)Nc2ccc(C)cc2C)c([N+](=O)[O-])cc1OC. The van der Waals surface area contributed by atoms with Crippen LogP contribution in [0.3, 0.4) is 0 Å². The van der Waals surface area contributed by atoms with Crippen molar-refractivity contribution in [3.05, 3.63) is 57.1 Å². The van der Waals surface area contributed by atoms with Gasteiger partial charge in [0.1, 0.15) is 5.56 Å². The van der Waals surface area contributed by atoms with Gasteiger partial charge in [0, 0.05) is 11.8 Å². The molecule has 0 aliphatic heterocycles. The molecule has 0 saturated heterocycles. The third kappa shape index (κ3) is 3.45. The fourth-order valence-electron chi connectivity index (χ4n) is 2.34. The minimum Gasteiger partial charge on any atom is -0.493 e. The van der Waals surface area contributed by atoms with Crippen LogP contribution >= 0.6 is 0 Å². The first-order valence-corrected chi connectivity index (χ1v) is 7.16. The van der Waals surface area contributed by atoms with Crippen LogP contribution in [-0.4, -0.2) is 25.1 Å². The molecule has 2 rings (SSSR count). The van der Waals surface area contributed by atoms with Gasteiger partial charge in [-0.05, 0) is 25.5 Å². The van der Waals surface area contributed by atoms with Crippen molar-refractivity contribution < 1.29 is 19.2 Å². The molecular weight excluding hydrogens is 312 g/mol. The number of aryl methyl sites for hydroxylation is 2. The average molecular weight is 330 g/mol. The van der Waals surface area contributed by atoms with Crippen molar-refractivity contribution in [2.75, 3.05) is 19.5 Å². The van der Waals surface area contributed by atoms with Crippen molar-refractivity contribution in [3.8, 4) is 11.5 Å². The average Bonchev–Trinajstić information content (AvgIpc) is 2.55. The Morgan fingerprint density at radius 2 is 1.71 bits per heavy atom. The first-order chi connectivity index (χ1) is 11.4. The molecule has 0 atom stereocenters. The summed E-state index contributed by atoms with van der Waals surface area (Å²) in [7, 11) is 2.77. The van der Waals surface area contributed by atoms with Crippen LogP contribution in [-0.2, 0) is 0 Å². The maximum absolute atomic E-state index is 12.5. The fourth-order valence-corrected chi connectivity index (χ4v) is 2.34. The second-order valence-electron chi connectivity index (χ2n) is 5.25. The van der Waals surface area contributed by atoms with Crippen LogP contribution in [0.1, 0.15) is 21.5 Å². The zero-order valence-electron chi connectivity index (χ0n) is 13.9. The first-order valence-electron chi connectivity index (χ1n) is 7.16. The van der Waals surface area contributed by atoms with Crippen molar-refractivity contribution in [3.63, 3.8) is 0 Å². The highest BCUT2D eigenvalue weighted by atomic mass is 16.6. The van der Waals surface area contributed by atoms with Gasteiger partial charge in [-0.3, -0.25) is 14.9 Å². The minimum absolute atomic E-state index is 0.0994. The lowest BCUT2D eigenvalue weighted by molar-refractivity contribution is -0.385. The topological polar surface area (TPSA) is 90.7 Å². The number of nitrogens with zero attached hydrogens (tertiary/aromatic N) is 1. The van der Waals surface area contributed by atoms with Crippen molar-refractivity contribution >= 4 is 17.3 Å². The lowest BCUT2D eigenvalue weighted by Gasteiger charge is -2.12. The molecule has 7 heteroatoms. The molecule has 0 heterocycles. The summed E-state index contributed by atoms with van der Waals surface area (Å²) in [4.78, 5) is 23.2. The van der Waals surface area contributed by atoms with E-state index in [-0.39, 0.29) is 22.7 Å². The van der Waals surface area contributed by atoms with Crippen LogP contribution in [0, 0.1) is 24.0 Å². The Morgan fingerprint density at radius 1 is 1.08 bits per heavy atom. The highest BCUT2D eigenvalue weighted by Crippen LogP contribution is 2.35. The molecule has 7 nitrogen and oxygen atoms in total. The normalized spacial score (nSPS) is 10.2. The number of ether oxygens (including phenoxy) is 2. The second-order valence-corrected chi connectivity index (χ2v) is 5.25. The summed E-state index contributed by atoms with van der Waals surface area (Å²) in [5.41, 5.74) is 2.07. The van der Waals surface area contributed by atoms with Crippen molar-refractivity contribution in [2.24, 2.45) is 0 Å². The number of anilines is 1. The highest BCUT2D eigenvalue weighted by Gasteiger charge is 2.24. The predicted molar refractivity (Wildman–Crippen MR) is 90.1 cm³/mol. The van der Waals surface area contributed by atoms with Gasteiger partial charge in [-0.25, -0.2) is 0 Å². The Balaban J connectivity index is 2.45. The lowest BCUT2D eigenvalue weighted by Crippen LogP contribution is -2.15. The predicted octanol–water partition coefficient (Wildman–Crippen LogP) is 3.48. The molecule has 0 radical (unpaired) electrons. The van der Waals surface area contributed by atoms with Crippen LogP contribution in [0.4, 0.5) is 11.4 Å². The molecule has 24 heavy (non-hydrogen) atoms. The molecule has 126 valence electrons. The Hall–Kier alpha value is -3.09. The molecule has 0 spiro atoms. The first kappa shape index (κ1) is 17.3. The zero-order chi connectivity index (χ0) is 17.9. The fraction of sp³-hybridized carbons (Fsp3) is 0.235. The van der Waals surface area contributed by atoms with Gasteiger partial charge in [-0.1, -0.05) is 17.7 Å². The minimum atomic E-state index is -0.626. The van der Waals surface area contributed by atoms with E-state index in [1.807, 2.05) is 26.0 Å². The molecule has 0 aliphatic rings. The summed E-state index contributed by atoms with van der Waals surface area (Å²) in [6, 6.07) is 8.00. The molecule has 0 aliphatic carbocycles. The quantitative estimate of drug-likeness (QED) is 0.669. The van der Waals surface area contributed by atoms with Crippen molar-refractivity contribution in [2.45, 2.75) is 13.8 Å². The van der Waals surface area contributed by atoms with E-state index < -0.39 is 10.8 Å². The van der Waals surface area contributed by atoms with Gasteiger partial charge in [0.25, 0.3) is 11.6 Å². The van der Waals surface area contributed by atoms with E-state index in [0.29, 0.717) is 5.69 Å². The van der Waals surface area contributed by atoms with E-state index in [0.717, 1.165) is 11.1 Å². The molecule has 2 aromatic rings. The van der Waals surface area contributed by atoms with E-state index in [9.17, 15) is 14.9 Å². The van der Waals surface area contributed by atoms with Gasteiger partial charge in [0.2, 0.25) is 0 Å². The number of hydrogen-bond donors (Lipinski definition) is 1. The number of amides is 1. The standard InChI is InChI=1S/C17H18N2O5/c1-10-5-6-13(11(2)7-10)18-17(20)12-8-15(23-3)16(24-4)9-14(12)19(21)22/h5-9H,1-4H3,(H,18,20). The maximum atomic E-state index is 12.5. The second kappa shape index (κ2) is 6.99. The molecule has 0 saturated carbocycles. The van der Waals surface area contributed by atoms with Crippen molar-refractivity contribution in [1.82, 2.24) is 0 Å². The third-order valence-electron chi connectivity index (χ3n) is 3.57. The van der Waals surface area contributed by atoms with E-state index in [4.69, 9.17) is 9.47 Å². The van der Waals surface area contributed by atoms with Crippen LogP contribution in [0.25, 0.3) is 0 Å². The van der Waals surface area contributed by atoms with Gasteiger partial charge in [0.05, 0.1) is 25.2 Å². The van der Waals surface area contributed by atoms with Gasteiger partial charge in [-0.2, -0.15) is 0 Å². The summed E-state index contributed by atoms with van der Waals surface area (Å²) < 4.78 is 10.2. The third-order valence-corrected chi connectivity index (χ3v) is 3.57. The number of nitro groups is 1. The van der Waals surface area contributed by atoms with Gasteiger partial charge >= 0.3 is 0 Å². The summed E-state index contributed by atoms with van der Waals surface area (Å²) >= 11 is 0. The highest BCUT2D eigenvalue weighted by molar-refractivity contribution is 6.08. The van der Waals surface area contributed by atoms with Crippen LogP contribution in [0.5, 0.6) is 11.5 Å². The summed E-state index contributed by atoms with van der Waals surface area (Å²) in [5.74, 6) is -0.157. The van der Waals surface area contributed by atoms with E-state index in [1.54, 1.807) is 6.07 Å². The number of methoxy groups -OCH3 is 2. The molecular formula is C17H18N2O5. The Bertz CT molecular complexity index is 802. The maximum Gasteiger partial charge on any atom is 0.286 e. The monoisotopic (exact) mass is 330 g/mol. The van der Waals surface area contributed by atoms with E-state index in [1.165, 1.54) is 26.4 Å². The molecule has 2 aromatic carbocycles. The number of nitro benzene ring substituents is 1. The largest absolute Gasteiger partial charge is 0.493 e. The van der Waals surface area contributed by atoms with Gasteiger partial charge in [-0.15, -0.1) is 0 Å². The lowest BCUT2D eigenvalue weighted by atomic mass is 10.1.